The lowest BCUT2D eigenvalue weighted by Gasteiger charge is -2.39. The molecule has 21 heavy (non-hydrogen) atoms. The van der Waals surface area contributed by atoms with Gasteiger partial charge in [0, 0.05) is 31.9 Å². The van der Waals surface area contributed by atoms with Gasteiger partial charge in [0.2, 0.25) is 5.91 Å². The summed E-state index contributed by atoms with van der Waals surface area (Å²) in [6.45, 7) is 6.23. The quantitative estimate of drug-likeness (QED) is 0.882. The number of carbonyl (C=O) groups is 1. The highest BCUT2D eigenvalue weighted by Gasteiger charge is 2.39. The number of morpholine rings is 1. The SMILES string of the molecule is CCC(CC)(CN)C(=O)N1CCOC(c2cnn(C)c2)C1. The zero-order valence-electron chi connectivity index (χ0n) is 13.2. The minimum Gasteiger partial charge on any atom is -0.370 e. The van der Waals surface area contributed by atoms with Crippen molar-refractivity contribution in [3.05, 3.63) is 18.0 Å². The van der Waals surface area contributed by atoms with Crippen LogP contribution in [0.2, 0.25) is 0 Å². The van der Waals surface area contributed by atoms with Crippen LogP contribution in [-0.4, -0.2) is 46.8 Å². The molecule has 0 bridgehead atoms. The van der Waals surface area contributed by atoms with Crippen LogP contribution in [0.5, 0.6) is 0 Å². The number of ether oxygens (including phenoxy) is 1. The van der Waals surface area contributed by atoms with Gasteiger partial charge in [-0.3, -0.25) is 9.48 Å². The van der Waals surface area contributed by atoms with Crippen LogP contribution in [-0.2, 0) is 16.6 Å². The first kappa shape index (κ1) is 16.0. The van der Waals surface area contributed by atoms with Gasteiger partial charge in [-0.25, -0.2) is 0 Å². The normalized spacial score (nSPS) is 19.8. The molecule has 0 aromatic carbocycles. The van der Waals surface area contributed by atoms with E-state index in [-0.39, 0.29) is 12.0 Å². The van der Waals surface area contributed by atoms with Gasteiger partial charge in [-0.05, 0) is 12.8 Å². The third kappa shape index (κ3) is 3.11. The molecule has 1 saturated heterocycles. The minimum absolute atomic E-state index is 0.0967. The van der Waals surface area contributed by atoms with Gasteiger partial charge in [-0.2, -0.15) is 5.10 Å². The Kier molecular flexibility index (Phi) is 5.00. The predicted molar refractivity (Wildman–Crippen MR) is 80.6 cm³/mol. The highest BCUT2D eigenvalue weighted by Crippen LogP contribution is 2.30. The zero-order valence-corrected chi connectivity index (χ0v) is 13.2. The van der Waals surface area contributed by atoms with Gasteiger partial charge in [0.05, 0.1) is 24.8 Å². The number of aryl methyl sites for hydroxylation is 1. The molecule has 2 rings (SSSR count). The van der Waals surface area contributed by atoms with Crippen molar-refractivity contribution in [1.82, 2.24) is 14.7 Å². The van der Waals surface area contributed by atoms with Crippen molar-refractivity contribution >= 4 is 5.91 Å². The lowest BCUT2D eigenvalue weighted by Crippen LogP contribution is -2.51. The van der Waals surface area contributed by atoms with Crippen molar-refractivity contribution in [2.75, 3.05) is 26.2 Å². The highest BCUT2D eigenvalue weighted by atomic mass is 16.5. The van der Waals surface area contributed by atoms with Crippen LogP contribution in [0.4, 0.5) is 0 Å². The second-order valence-electron chi connectivity index (χ2n) is 5.75. The van der Waals surface area contributed by atoms with E-state index in [4.69, 9.17) is 10.5 Å². The number of nitrogens with two attached hydrogens (primary N) is 1. The van der Waals surface area contributed by atoms with Crippen molar-refractivity contribution in [3.8, 4) is 0 Å². The maximum absolute atomic E-state index is 12.9. The van der Waals surface area contributed by atoms with Crippen LogP contribution in [0, 0.1) is 5.41 Å². The molecule has 1 aliphatic rings. The third-order valence-electron chi connectivity index (χ3n) is 4.65. The average Bonchev–Trinajstić information content (AvgIpc) is 2.96. The Morgan fingerprint density at radius 1 is 1.52 bits per heavy atom. The monoisotopic (exact) mass is 294 g/mol. The molecule has 1 amide bonds. The number of carbonyl (C=O) groups excluding carboxylic acids is 1. The van der Waals surface area contributed by atoms with Gasteiger partial charge in [0.25, 0.3) is 0 Å². The molecule has 0 aliphatic carbocycles. The number of amides is 1. The molecule has 0 spiro atoms. The summed E-state index contributed by atoms with van der Waals surface area (Å²) < 4.78 is 7.54. The van der Waals surface area contributed by atoms with Crippen molar-refractivity contribution < 1.29 is 9.53 Å². The molecule has 0 saturated carbocycles. The predicted octanol–water partition coefficient (Wildman–Crippen LogP) is 1.09. The van der Waals surface area contributed by atoms with Gasteiger partial charge >= 0.3 is 0 Å². The smallest absolute Gasteiger partial charge is 0.230 e. The number of rotatable bonds is 5. The Morgan fingerprint density at radius 3 is 2.76 bits per heavy atom. The Balaban J connectivity index is 2.11. The molecule has 1 unspecified atom stereocenters. The summed E-state index contributed by atoms with van der Waals surface area (Å²) in [5.41, 5.74) is 6.47. The Bertz CT molecular complexity index is 474. The summed E-state index contributed by atoms with van der Waals surface area (Å²) in [5.74, 6) is 0.159. The van der Waals surface area contributed by atoms with E-state index in [2.05, 4.69) is 5.10 Å². The topological polar surface area (TPSA) is 73.4 Å². The second-order valence-corrected chi connectivity index (χ2v) is 5.75. The van der Waals surface area contributed by atoms with Crippen LogP contribution >= 0.6 is 0 Å². The van der Waals surface area contributed by atoms with E-state index < -0.39 is 5.41 Å². The highest BCUT2D eigenvalue weighted by molar-refractivity contribution is 5.83. The van der Waals surface area contributed by atoms with Crippen LogP contribution in [0.15, 0.2) is 12.4 Å². The summed E-state index contributed by atoms with van der Waals surface area (Å²) in [4.78, 5) is 14.8. The zero-order chi connectivity index (χ0) is 15.5. The Hall–Kier alpha value is -1.40. The molecule has 6 nitrogen and oxygen atoms in total. The molecule has 2 heterocycles. The summed E-state index contributed by atoms with van der Waals surface area (Å²) in [5, 5.41) is 4.17. The van der Waals surface area contributed by atoms with E-state index in [9.17, 15) is 4.79 Å². The van der Waals surface area contributed by atoms with Crippen LogP contribution < -0.4 is 5.73 Å². The average molecular weight is 294 g/mol. The van der Waals surface area contributed by atoms with Crippen LogP contribution in [0.3, 0.4) is 0 Å². The van der Waals surface area contributed by atoms with Gasteiger partial charge in [-0.1, -0.05) is 13.8 Å². The van der Waals surface area contributed by atoms with Gasteiger partial charge < -0.3 is 15.4 Å². The molecular weight excluding hydrogens is 268 g/mol. The van der Waals surface area contributed by atoms with Crippen molar-refractivity contribution in [1.29, 1.82) is 0 Å². The first-order valence-electron chi connectivity index (χ1n) is 7.66. The van der Waals surface area contributed by atoms with Gasteiger partial charge in [0.15, 0.2) is 0 Å². The maximum atomic E-state index is 12.9. The fourth-order valence-corrected chi connectivity index (χ4v) is 2.91. The lowest BCUT2D eigenvalue weighted by molar-refractivity contribution is -0.150. The van der Waals surface area contributed by atoms with E-state index in [1.165, 1.54) is 0 Å². The standard InChI is InChI=1S/C15H26N4O2/c1-4-15(5-2,11-16)14(20)19-6-7-21-13(10-19)12-8-17-18(3)9-12/h8-9,13H,4-7,10-11,16H2,1-3H3. The molecule has 1 aromatic heterocycles. The lowest BCUT2D eigenvalue weighted by atomic mass is 9.80. The van der Waals surface area contributed by atoms with E-state index in [0.717, 1.165) is 18.4 Å². The fraction of sp³-hybridized carbons (Fsp3) is 0.733. The molecule has 1 fully saturated rings. The molecule has 1 aromatic rings. The third-order valence-corrected chi connectivity index (χ3v) is 4.65. The second kappa shape index (κ2) is 6.58. The molecule has 118 valence electrons. The fourth-order valence-electron chi connectivity index (χ4n) is 2.91. The number of nitrogens with zero attached hydrogens (tertiary/aromatic N) is 3. The van der Waals surface area contributed by atoms with Crippen LogP contribution in [0.1, 0.15) is 38.4 Å². The van der Waals surface area contributed by atoms with E-state index in [1.54, 1.807) is 10.9 Å². The van der Waals surface area contributed by atoms with Crippen molar-refractivity contribution in [2.24, 2.45) is 18.2 Å². The van der Waals surface area contributed by atoms with Crippen LogP contribution in [0.25, 0.3) is 0 Å². The summed E-state index contributed by atoms with van der Waals surface area (Å²) in [6, 6.07) is 0. The van der Waals surface area contributed by atoms with E-state index in [1.807, 2.05) is 32.0 Å². The van der Waals surface area contributed by atoms with Crippen molar-refractivity contribution in [2.45, 2.75) is 32.8 Å². The number of aromatic nitrogens is 2. The van der Waals surface area contributed by atoms with Gasteiger partial charge in [0.1, 0.15) is 6.10 Å². The summed E-state index contributed by atoms with van der Waals surface area (Å²) in [6.07, 6.45) is 5.19. The van der Waals surface area contributed by atoms with E-state index >= 15 is 0 Å². The van der Waals surface area contributed by atoms with Crippen molar-refractivity contribution in [3.63, 3.8) is 0 Å². The molecule has 1 atom stereocenters. The Labute approximate surface area is 126 Å². The van der Waals surface area contributed by atoms with E-state index in [0.29, 0.717) is 26.2 Å². The Morgan fingerprint density at radius 2 is 2.24 bits per heavy atom. The summed E-state index contributed by atoms with van der Waals surface area (Å²) >= 11 is 0. The first-order valence-corrected chi connectivity index (χ1v) is 7.66. The molecule has 2 N–H and O–H groups in total. The molecular formula is C15H26N4O2. The minimum atomic E-state index is -0.434. The largest absolute Gasteiger partial charge is 0.370 e. The molecule has 6 heteroatoms. The number of hydrogen-bond donors (Lipinski definition) is 1. The summed E-state index contributed by atoms with van der Waals surface area (Å²) in [7, 11) is 1.88. The first-order chi connectivity index (χ1) is 10.1. The number of hydrogen-bond acceptors (Lipinski definition) is 4. The maximum Gasteiger partial charge on any atom is 0.230 e. The molecule has 1 aliphatic heterocycles. The molecule has 0 radical (unpaired) electrons. The van der Waals surface area contributed by atoms with Gasteiger partial charge in [-0.15, -0.1) is 0 Å².